The quantitative estimate of drug-likeness (QED) is 0.0444. The van der Waals surface area contributed by atoms with Crippen molar-refractivity contribution in [1.82, 2.24) is 38.9 Å². The predicted octanol–water partition coefficient (Wildman–Crippen LogP) is 13.0. The summed E-state index contributed by atoms with van der Waals surface area (Å²) in [6.07, 6.45) is 9.16. The zero-order valence-electron chi connectivity index (χ0n) is 50.2. The first-order chi connectivity index (χ1) is 44.4. The number of aromatic nitrogens is 6. The van der Waals surface area contributed by atoms with Crippen molar-refractivity contribution in [3.05, 3.63) is 142 Å². The number of ether oxygens (including phenoxy) is 8. The fraction of sp³-hybridized carbons (Fsp3) is 0.333. The number of hydrogen-bond donors (Lipinski definition) is 5. The Bertz CT molecular complexity index is 4160. The number of halogens is 6. The van der Waals surface area contributed by atoms with Gasteiger partial charge in [0, 0.05) is 97.9 Å². The van der Waals surface area contributed by atoms with E-state index in [0.717, 1.165) is 24.6 Å². The number of benzene rings is 6. The molecule has 5 N–H and O–H groups in total. The Labute approximate surface area is 543 Å². The highest BCUT2D eigenvalue weighted by Crippen LogP contribution is 2.40. The fourth-order valence-electron chi connectivity index (χ4n) is 9.97. The van der Waals surface area contributed by atoms with Crippen LogP contribution >= 0.6 is 34.8 Å². The van der Waals surface area contributed by atoms with Gasteiger partial charge in [-0.15, -0.1) is 0 Å². The van der Waals surface area contributed by atoms with E-state index in [1.54, 1.807) is 44.6 Å². The van der Waals surface area contributed by atoms with E-state index in [-0.39, 0.29) is 45.2 Å². The van der Waals surface area contributed by atoms with Gasteiger partial charge in [-0.05, 0) is 98.5 Å². The van der Waals surface area contributed by atoms with Gasteiger partial charge in [0.2, 0.25) is 0 Å². The topological polar surface area (TPSA) is 257 Å². The number of methoxy groups -OCH3 is 2. The maximum atomic E-state index is 13.5. The van der Waals surface area contributed by atoms with Crippen molar-refractivity contribution in [3.8, 4) is 34.5 Å². The second-order valence-electron chi connectivity index (χ2n) is 21.5. The summed E-state index contributed by atoms with van der Waals surface area (Å²) in [5, 5.41) is 21.8. The first-order valence-corrected chi connectivity index (χ1v) is 31.7. The van der Waals surface area contributed by atoms with Crippen LogP contribution in [-0.2, 0) is 24.4 Å². The minimum atomic E-state index is -3.47. The number of phenols is 1. The number of hydrogen-bond acceptors (Lipinski definition) is 20. The average molecular weight is 1350 g/mol. The number of rotatable bonds is 20. The summed E-state index contributed by atoms with van der Waals surface area (Å²) in [5.41, 5.74) is 3.63. The van der Waals surface area contributed by atoms with Crippen molar-refractivity contribution >= 4 is 112 Å². The van der Waals surface area contributed by atoms with E-state index >= 15 is 0 Å². The first-order valence-electron chi connectivity index (χ1n) is 29.1. The molecule has 486 valence electrons. The SMILES string of the molecule is COCCOc1cc2ncnc(Nc3ccc(F)c(Cl)c3)c2cc1OC1CCOCC1.COc1cc2ncnc(Nc3ccc(F)c(Cl)c3)c2cc1O[C@H]1CC[C@H](NS(=O)(=O)N(C)C)CC1.Oc1cc2ncnc(Nc3ccc(F)c(Cl)c3)c2cc1O[C@H]1CCOC1. The number of aromatic hydroxyl groups is 1. The molecule has 9 aromatic rings. The largest absolute Gasteiger partial charge is 0.504 e. The highest BCUT2D eigenvalue weighted by molar-refractivity contribution is 7.87. The predicted molar refractivity (Wildman–Crippen MR) is 345 cm³/mol. The Morgan fingerprint density at radius 3 is 1.42 bits per heavy atom. The Morgan fingerprint density at radius 2 is 0.967 bits per heavy atom. The molecule has 0 radical (unpaired) electrons. The van der Waals surface area contributed by atoms with E-state index in [2.05, 4.69) is 50.6 Å². The molecule has 5 heterocycles. The van der Waals surface area contributed by atoms with E-state index in [1.165, 1.54) is 79.8 Å². The Balaban J connectivity index is 0.000000153. The van der Waals surface area contributed by atoms with Gasteiger partial charge in [0.25, 0.3) is 10.2 Å². The van der Waals surface area contributed by atoms with E-state index in [9.17, 15) is 26.7 Å². The van der Waals surface area contributed by atoms with Crippen LogP contribution in [0.15, 0.2) is 110 Å². The van der Waals surface area contributed by atoms with Crippen LogP contribution in [0.5, 0.6) is 34.5 Å². The molecule has 3 aromatic heterocycles. The molecule has 3 aliphatic rings. The molecule has 0 unspecified atom stereocenters. The summed E-state index contributed by atoms with van der Waals surface area (Å²) in [5.74, 6) is 2.65. The average Bonchev–Trinajstić information content (AvgIpc) is 0.836. The van der Waals surface area contributed by atoms with Crippen molar-refractivity contribution in [2.45, 2.75) is 69.3 Å². The summed E-state index contributed by atoms with van der Waals surface area (Å²) in [4.78, 5) is 25.8. The molecule has 22 nitrogen and oxygen atoms in total. The van der Waals surface area contributed by atoms with Crippen LogP contribution < -0.4 is 44.4 Å². The Hall–Kier alpha value is -8.05. The molecular formula is C63H65Cl3F3N11O11S. The number of fused-ring (bicyclic) bond motifs is 3. The molecule has 0 spiro atoms. The molecule has 0 amide bonds. The maximum Gasteiger partial charge on any atom is 0.279 e. The summed E-state index contributed by atoms with van der Waals surface area (Å²) in [6, 6.07) is 23.4. The number of nitrogens with one attached hydrogen (secondary N) is 4. The molecule has 3 fully saturated rings. The Morgan fingerprint density at radius 1 is 0.533 bits per heavy atom. The highest BCUT2D eigenvalue weighted by atomic mass is 35.5. The summed E-state index contributed by atoms with van der Waals surface area (Å²) < 4.78 is 114. The third-order valence-electron chi connectivity index (χ3n) is 14.8. The van der Waals surface area contributed by atoms with Gasteiger partial charge in [0.15, 0.2) is 34.5 Å². The van der Waals surface area contributed by atoms with E-state index in [0.29, 0.717) is 156 Å². The van der Waals surface area contributed by atoms with Crippen molar-refractivity contribution < 1.29 is 64.6 Å². The maximum absolute atomic E-state index is 13.5. The summed E-state index contributed by atoms with van der Waals surface area (Å²) in [7, 11) is 2.71. The molecule has 2 saturated heterocycles. The van der Waals surface area contributed by atoms with Gasteiger partial charge in [-0.3, -0.25) is 0 Å². The standard InChI is InChI=1S/C23H27ClFN5O4S.C22H23ClFN3O4.C18H15ClFN3O3/c1-30(2)35(31,32)29-14-4-7-16(8-5-14)34-22-11-17-20(12-21(22)33-3)26-13-27-23(17)28-15-6-9-19(25)18(24)10-15;1-28-8-9-30-20-12-19-16(11-21(20)31-15-4-6-29-7-5-15)22(26-13-25-19)27-14-2-3-18(24)17(23)10-14;19-13-5-10(1-2-14(13)20)23-18-12-6-17(26-11-3-4-25-8-11)16(24)7-15(12)21-9-22-18/h6,9-14,16,29H,4-5,7-8H2,1-3H3,(H,26,27,28);2-3,10-13,15H,4-9H2,1H3,(H,25,26,27);1-2,5-7,9,11,24H,3-4,8H2,(H,21,22,23)/t14-,16-;;11-/m..0/s1. The second-order valence-corrected chi connectivity index (χ2v) is 24.6. The third-order valence-corrected chi connectivity index (χ3v) is 17.3. The molecule has 0 bridgehead atoms. The van der Waals surface area contributed by atoms with Gasteiger partial charge in [0.05, 0.1) is 77.9 Å². The third kappa shape index (κ3) is 17.3. The van der Waals surface area contributed by atoms with Gasteiger partial charge >= 0.3 is 0 Å². The minimum absolute atomic E-state index is 0.00104. The van der Waals surface area contributed by atoms with E-state index < -0.39 is 27.7 Å². The minimum Gasteiger partial charge on any atom is -0.504 e. The molecule has 29 heteroatoms. The highest BCUT2D eigenvalue weighted by Gasteiger charge is 2.28. The lowest BCUT2D eigenvalue weighted by molar-refractivity contribution is 0.0240. The Kier molecular flexibility index (Phi) is 22.6. The number of phenolic OH excluding ortho intramolecular Hbond substituents is 1. The van der Waals surface area contributed by atoms with Gasteiger partial charge in [0.1, 0.15) is 72.7 Å². The van der Waals surface area contributed by atoms with Gasteiger partial charge in [-0.1, -0.05) is 34.8 Å². The molecular weight excluding hydrogens is 1280 g/mol. The lowest BCUT2D eigenvalue weighted by Gasteiger charge is -2.30. The van der Waals surface area contributed by atoms with Crippen LogP contribution in [0.25, 0.3) is 32.7 Å². The fourth-order valence-corrected chi connectivity index (χ4v) is 11.4. The van der Waals surface area contributed by atoms with Gasteiger partial charge in [-0.2, -0.15) is 17.4 Å². The molecule has 1 atom stereocenters. The monoisotopic (exact) mass is 1350 g/mol. The first kappa shape index (κ1) is 66.9. The molecule has 6 aromatic carbocycles. The lowest BCUT2D eigenvalue weighted by atomic mass is 9.93. The molecule has 92 heavy (non-hydrogen) atoms. The zero-order chi connectivity index (χ0) is 64.9. The molecule has 1 aliphatic carbocycles. The van der Waals surface area contributed by atoms with Crippen LogP contribution in [-0.4, -0.2) is 140 Å². The van der Waals surface area contributed by atoms with Crippen molar-refractivity contribution in [1.29, 1.82) is 0 Å². The van der Waals surface area contributed by atoms with Crippen LogP contribution in [0.1, 0.15) is 44.9 Å². The van der Waals surface area contributed by atoms with Crippen LogP contribution in [0, 0.1) is 17.5 Å². The van der Waals surface area contributed by atoms with Crippen LogP contribution in [0.4, 0.5) is 47.7 Å². The molecule has 2 aliphatic heterocycles. The number of nitrogens with zero attached hydrogens (tertiary/aromatic N) is 7. The smallest absolute Gasteiger partial charge is 0.279 e. The second kappa shape index (κ2) is 31.0. The summed E-state index contributed by atoms with van der Waals surface area (Å²) >= 11 is 17.6. The van der Waals surface area contributed by atoms with E-state index in [4.69, 9.17) is 72.7 Å². The van der Waals surface area contributed by atoms with Crippen LogP contribution in [0.2, 0.25) is 15.1 Å². The zero-order valence-corrected chi connectivity index (χ0v) is 53.3. The van der Waals surface area contributed by atoms with Gasteiger partial charge in [-0.25, -0.2) is 43.1 Å². The lowest BCUT2D eigenvalue weighted by Crippen LogP contribution is -2.44. The van der Waals surface area contributed by atoms with E-state index in [1.807, 2.05) is 18.2 Å². The van der Waals surface area contributed by atoms with Crippen LogP contribution in [0.3, 0.4) is 0 Å². The van der Waals surface area contributed by atoms with Crippen molar-refractivity contribution in [3.63, 3.8) is 0 Å². The molecule has 1 saturated carbocycles. The van der Waals surface area contributed by atoms with Crippen molar-refractivity contribution in [2.24, 2.45) is 0 Å². The summed E-state index contributed by atoms with van der Waals surface area (Å²) in [6.45, 7) is 3.30. The molecule has 12 rings (SSSR count). The normalized spacial score (nSPS) is 16.7. The van der Waals surface area contributed by atoms with Crippen molar-refractivity contribution in [2.75, 3.05) is 83.9 Å². The van der Waals surface area contributed by atoms with Gasteiger partial charge < -0.3 is 59.0 Å². The number of anilines is 6.